The van der Waals surface area contributed by atoms with Gasteiger partial charge in [-0.05, 0) is 43.7 Å². The lowest BCUT2D eigenvalue weighted by Gasteiger charge is -2.32. The zero-order valence-electron chi connectivity index (χ0n) is 16.0. The standard InChI is InChI=1S/C20H35N3O/c1-16(2)18-14-21-23(15-18)19-9-12-22(13-10-19)11-7-5-6-8-20(24)17(3)4/h14-17,19H,5-13H2,1-4H3. The summed E-state index contributed by atoms with van der Waals surface area (Å²) in [4.78, 5) is 14.2. The molecule has 24 heavy (non-hydrogen) atoms. The van der Waals surface area contributed by atoms with E-state index in [4.69, 9.17) is 0 Å². The maximum atomic E-state index is 11.6. The highest BCUT2D eigenvalue weighted by atomic mass is 16.1. The molecule has 0 aromatic carbocycles. The van der Waals surface area contributed by atoms with Crippen LogP contribution >= 0.6 is 0 Å². The Hall–Kier alpha value is -1.16. The van der Waals surface area contributed by atoms with E-state index < -0.39 is 0 Å². The summed E-state index contributed by atoms with van der Waals surface area (Å²) in [5.74, 6) is 1.17. The van der Waals surface area contributed by atoms with Crippen molar-refractivity contribution in [3.8, 4) is 0 Å². The predicted molar refractivity (Wildman–Crippen MR) is 99.3 cm³/mol. The van der Waals surface area contributed by atoms with E-state index in [1.165, 1.54) is 50.9 Å². The second kappa shape index (κ2) is 9.36. The van der Waals surface area contributed by atoms with Gasteiger partial charge in [-0.1, -0.05) is 34.1 Å². The topological polar surface area (TPSA) is 38.1 Å². The number of carbonyl (C=O) groups is 1. The van der Waals surface area contributed by atoms with Gasteiger partial charge >= 0.3 is 0 Å². The van der Waals surface area contributed by atoms with E-state index in [2.05, 4.69) is 34.7 Å². The van der Waals surface area contributed by atoms with Gasteiger partial charge in [0.1, 0.15) is 5.78 Å². The average molecular weight is 334 g/mol. The molecule has 0 aliphatic carbocycles. The molecule has 0 spiro atoms. The predicted octanol–water partition coefficient (Wildman–Crippen LogP) is 4.43. The van der Waals surface area contributed by atoms with Crippen LogP contribution in [0.5, 0.6) is 0 Å². The van der Waals surface area contributed by atoms with Crippen LogP contribution in [-0.2, 0) is 4.79 Å². The Morgan fingerprint density at radius 3 is 2.46 bits per heavy atom. The fourth-order valence-corrected chi connectivity index (χ4v) is 3.36. The fourth-order valence-electron chi connectivity index (χ4n) is 3.36. The van der Waals surface area contributed by atoms with Crippen molar-refractivity contribution in [1.82, 2.24) is 14.7 Å². The summed E-state index contributed by atoms with van der Waals surface area (Å²) >= 11 is 0. The minimum absolute atomic E-state index is 0.197. The molecular weight excluding hydrogens is 298 g/mol. The Kier molecular flexibility index (Phi) is 7.47. The molecule has 2 heterocycles. The van der Waals surface area contributed by atoms with Crippen LogP contribution in [0.15, 0.2) is 12.4 Å². The molecule has 1 aromatic heterocycles. The van der Waals surface area contributed by atoms with Crippen LogP contribution in [-0.4, -0.2) is 40.1 Å². The number of unbranched alkanes of at least 4 members (excludes halogenated alkanes) is 2. The molecule has 1 aliphatic heterocycles. The summed E-state index contributed by atoms with van der Waals surface area (Å²) in [6.45, 7) is 12.0. The highest BCUT2D eigenvalue weighted by Gasteiger charge is 2.21. The highest BCUT2D eigenvalue weighted by molar-refractivity contribution is 5.80. The number of likely N-dealkylation sites (tertiary alicyclic amines) is 1. The van der Waals surface area contributed by atoms with Gasteiger partial charge in [-0.25, -0.2) is 0 Å². The molecule has 4 heteroatoms. The number of aromatic nitrogens is 2. The average Bonchev–Trinajstić information content (AvgIpc) is 3.05. The lowest BCUT2D eigenvalue weighted by atomic mass is 10.0. The van der Waals surface area contributed by atoms with E-state index in [0.29, 0.717) is 17.7 Å². The maximum absolute atomic E-state index is 11.6. The maximum Gasteiger partial charge on any atom is 0.135 e. The summed E-state index contributed by atoms with van der Waals surface area (Å²) in [5.41, 5.74) is 1.34. The molecule has 1 saturated heterocycles. The number of nitrogens with zero attached hydrogens (tertiary/aromatic N) is 3. The van der Waals surface area contributed by atoms with Crippen molar-refractivity contribution >= 4 is 5.78 Å². The first-order valence-corrected chi connectivity index (χ1v) is 9.76. The molecule has 0 saturated carbocycles. The largest absolute Gasteiger partial charge is 0.303 e. The lowest BCUT2D eigenvalue weighted by Crippen LogP contribution is -2.35. The summed E-state index contributed by atoms with van der Waals surface area (Å²) in [7, 11) is 0. The number of hydrogen-bond acceptors (Lipinski definition) is 3. The van der Waals surface area contributed by atoms with Gasteiger partial charge in [0.05, 0.1) is 12.2 Å². The first-order valence-electron chi connectivity index (χ1n) is 9.76. The Balaban J connectivity index is 1.61. The molecule has 0 N–H and O–H groups in total. The third kappa shape index (κ3) is 5.73. The van der Waals surface area contributed by atoms with Gasteiger partial charge in [0.15, 0.2) is 0 Å². The molecule has 4 nitrogen and oxygen atoms in total. The molecule has 0 unspecified atom stereocenters. The van der Waals surface area contributed by atoms with Crippen molar-refractivity contribution in [2.45, 2.75) is 78.2 Å². The number of carbonyl (C=O) groups excluding carboxylic acids is 1. The zero-order valence-corrected chi connectivity index (χ0v) is 16.0. The van der Waals surface area contributed by atoms with Gasteiger partial charge in [0.2, 0.25) is 0 Å². The third-order valence-electron chi connectivity index (χ3n) is 5.26. The van der Waals surface area contributed by atoms with Crippen LogP contribution in [0.1, 0.15) is 83.7 Å². The highest BCUT2D eigenvalue weighted by Crippen LogP contribution is 2.24. The third-order valence-corrected chi connectivity index (χ3v) is 5.26. The SMILES string of the molecule is CC(C)C(=O)CCCCCN1CCC(n2cc(C(C)C)cn2)CC1. The molecule has 0 atom stereocenters. The molecule has 0 amide bonds. The van der Waals surface area contributed by atoms with Crippen molar-refractivity contribution in [3.05, 3.63) is 18.0 Å². The van der Waals surface area contributed by atoms with Crippen molar-refractivity contribution < 1.29 is 4.79 Å². The van der Waals surface area contributed by atoms with Gasteiger partial charge < -0.3 is 4.90 Å². The first kappa shape index (κ1) is 19.2. The summed E-state index contributed by atoms with van der Waals surface area (Å²) in [5, 5.41) is 4.57. The van der Waals surface area contributed by atoms with Gasteiger partial charge in [-0.15, -0.1) is 0 Å². The van der Waals surface area contributed by atoms with Crippen molar-refractivity contribution in [2.24, 2.45) is 5.92 Å². The van der Waals surface area contributed by atoms with Gasteiger partial charge in [-0.3, -0.25) is 9.48 Å². The minimum Gasteiger partial charge on any atom is -0.303 e. The second-order valence-electron chi connectivity index (χ2n) is 7.91. The molecule has 2 rings (SSSR count). The summed E-state index contributed by atoms with van der Waals surface area (Å²) < 4.78 is 2.18. The Morgan fingerprint density at radius 1 is 1.17 bits per heavy atom. The zero-order chi connectivity index (χ0) is 17.5. The van der Waals surface area contributed by atoms with Gasteiger partial charge in [-0.2, -0.15) is 5.10 Å². The number of hydrogen-bond donors (Lipinski definition) is 0. The smallest absolute Gasteiger partial charge is 0.135 e. The molecule has 1 fully saturated rings. The molecule has 0 bridgehead atoms. The van der Waals surface area contributed by atoms with E-state index in [-0.39, 0.29) is 5.92 Å². The van der Waals surface area contributed by atoms with E-state index in [0.717, 1.165) is 12.8 Å². The monoisotopic (exact) mass is 333 g/mol. The van der Waals surface area contributed by atoms with Gasteiger partial charge in [0.25, 0.3) is 0 Å². The molecule has 1 aliphatic rings. The Bertz CT molecular complexity index is 499. The first-order chi connectivity index (χ1) is 11.5. The van der Waals surface area contributed by atoms with E-state index >= 15 is 0 Å². The summed E-state index contributed by atoms with van der Waals surface area (Å²) in [6, 6.07) is 0.567. The molecule has 0 radical (unpaired) electrons. The van der Waals surface area contributed by atoms with Crippen molar-refractivity contribution in [3.63, 3.8) is 0 Å². The second-order valence-corrected chi connectivity index (χ2v) is 7.91. The van der Waals surface area contributed by atoms with E-state index in [1.807, 2.05) is 20.0 Å². The fraction of sp³-hybridized carbons (Fsp3) is 0.800. The van der Waals surface area contributed by atoms with Crippen molar-refractivity contribution in [1.29, 1.82) is 0 Å². The van der Waals surface area contributed by atoms with Crippen LogP contribution in [0.3, 0.4) is 0 Å². The Labute approximate surface area is 147 Å². The van der Waals surface area contributed by atoms with Crippen LogP contribution in [0.2, 0.25) is 0 Å². The number of piperidine rings is 1. The number of Topliss-reactive ketones (excluding diaryl/α,β-unsaturated/α-hetero) is 1. The molecule has 136 valence electrons. The molecular formula is C20H35N3O. The Morgan fingerprint density at radius 2 is 1.88 bits per heavy atom. The van der Waals surface area contributed by atoms with Crippen LogP contribution in [0.4, 0.5) is 0 Å². The van der Waals surface area contributed by atoms with Crippen LogP contribution in [0, 0.1) is 5.92 Å². The lowest BCUT2D eigenvalue weighted by molar-refractivity contribution is -0.122. The minimum atomic E-state index is 0.197. The molecule has 1 aromatic rings. The number of ketones is 1. The van der Waals surface area contributed by atoms with Crippen LogP contribution in [0.25, 0.3) is 0 Å². The van der Waals surface area contributed by atoms with E-state index in [9.17, 15) is 4.79 Å². The normalized spacial score (nSPS) is 17.1. The summed E-state index contributed by atoms with van der Waals surface area (Å²) in [6.07, 6.45) is 10.9. The quantitative estimate of drug-likeness (QED) is 0.628. The number of rotatable bonds is 9. The van der Waals surface area contributed by atoms with Crippen molar-refractivity contribution in [2.75, 3.05) is 19.6 Å². The van der Waals surface area contributed by atoms with Crippen LogP contribution < -0.4 is 0 Å². The van der Waals surface area contributed by atoms with E-state index in [1.54, 1.807) is 0 Å². The van der Waals surface area contributed by atoms with Gasteiger partial charge in [0, 0.05) is 31.6 Å².